The van der Waals surface area contributed by atoms with E-state index >= 15 is 0 Å². The Hall–Kier alpha value is -0.610. The fourth-order valence-corrected chi connectivity index (χ4v) is 3.24. The highest BCUT2D eigenvalue weighted by Gasteiger charge is 2.26. The normalized spacial score (nSPS) is 14.1. The van der Waals surface area contributed by atoms with Crippen molar-refractivity contribution in [1.29, 1.82) is 0 Å². The smallest absolute Gasteiger partial charge is 0.127 e. The number of hydrogen-bond donors (Lipinski definition) is 1. The average Bonchev–Trinajstić information content (AvgIpc) is 2.33. The van der Waals surface area contributed by atoms with Crippen molar-refractivity contribution in [2.45, 2.75) is 18.9 Å². The van der Waals surface area contributed by atoms with Crippen LogP contribution in [0, 0.1) is 5.82 Å². The summed E-state index contributed by atoms with van der Waals surface area (Å²) in [6, 6.07) is 10.1. The van der Waals surface area contributed by atoms with E-state index in [2.05, 4.69) is 15.9 Å². The number of nitrogens with two attached hydrogens (primary N) is 1. The van der Waals surface area contributed by atoms with Crippen LogP contribution < -0.4 is 5.73 Å². The molecular formula is C15H13BrCl2FN. The van der Waals surface area contributed by atoms with Crippen molar-refractivity contribution in [3.05, 3.63) is 67.9 Å². The number of rotatable bonds is 3. The Morgan fingerprint density at radius 1 is 1.20 bits per heavy atom. The maximum absolute atomic E-state index is 13.9. The summed E-state index contributed by atoms with van der Waals surface area (Å²) in [7, 11) is 0. The third-order valence-corrected chi connectivity index (χ3v) is 4.31. The molecule has 0 aromatic heterocycles. The fourth-order valence-electron chi connectivity index (χ4n) is 2.12. The minimum absolute atomic E-state index is 0.264. The van der Waals surface area contributed by atoms with Gasteiger partial charge in [0.15, 0.2) is 0 Å². The lowest BCUT2D eigenvalue weighted by molar-refractivity contribution is 0.475. The molecule has 0 aliphatic heterocycles. The van der Waals surface area contributed by atoms with E-state index in [1.807, 2.05) is 19.1 Å². The van der Waals surface area contributed by atoms with Gasteiger partial charge in [-0.05, 0) is 43.2 Å². The zero-order valence-electron chi connectivity index (χ0n) is 10.8. The largest absolute Gasteiger partial charge is 0.321 e. The lowest BCUT2D eigenvalue weighted by Gasteiger charge is -2.27. The third kappa shape index (κ3) is 3.34. The molecule has 2 N–H and O–H groups in total. The molecule has 0 aliphatic carbocycles. The highest BCUT2D eigenvalue weighted by Crippen LogP contribution is 2.33. The molecule has 1 nitrogen and oxygen atoms in total. The molecule has 1 unspecified atom stereocenters. The molecule has 1 atom stereocenters. The van der Waals surface area contributed by atoms with Crippen LogP contribution in [0.15, 0.2) is 40.9 Å². The van der Waals surface area contributed by atoms with Crippen LogP contribution >= 0.6 is 39.1 Å². The lowest BCUT2D eigenvalue weighted by Crippen LogP contribution is -2.36. The van der Waals surface area contributed by atoms with Gasteiger partial charge in [-0.2, -0.15) is 0 Å². The molecular weight excluding hydrogens is 364 g/mol. The zero-order chi connectivity index (χ0) is 14.9. The van der Waals surface area contributed by atoms with Gasteiger partial charge in [-0.25, -0.2) is 4.39 Å². The molecule has 106 valence electrons. The summed E-state index contributed by atoms with van der Waals surface area (Å²) in [5.74, 6) is -0.359. The van der Waals surface area contributed by atoms with E-state index in [0.29, 0.717) is 15.6 Å². The van der Waals surface area contributed by atoms with Gasteiger partial charge >= 0.3 is 0 Å². The van der Waals surface area contributed by atoms with Crippen LogP contribution in [0.25, 0.3) is 0 Å². The Bertz CT molecular complexity index is 624. The summed E-state index contributed by atoms with van der Waals surface area (Å²) in [4.78, 5) is 0. The van der Waals surface area contributed by atoms with Crippen molar-refractivity contribution in [3.8, 4) is 0 Å². The van der Waals surface area contributed by atoms with Gasteiger partial charge < -0.3 is 5.73 Å². The first-order valence-electron chi connectivity index (χ1n) is 5.98. The molecule has 0 bridgehead atoms. The van der Waals surface area contributed by atoms with E-state index in [0.717, 1.165) is 10.0 Å². The predicted octanol–water partition coefficient (Wildman–Crippen LogP) is 5.31. The van der Waals surface area contributed by atoms with Crippen LogP contribution in [0.1, 0.15) is 18.1 Å². The summed E-state index contributed by atoms with van der Waals surface area (Å²) in [6.45, 7) is 1.81. The minimum atomic E-state index is -0.816. The van der Waals surface area contributed by atoms with Crippen LogP contribution in [-0.4, -0.2) is 0 Å². The second-order valence-corrected chi connectivity index (χ2v) is 6.65. The standard InChI is InChI=1S/C15H13BrCl2FN/c1-15(20,11-6-5-9(16)7-13(11)18)8-10-12(17)3-2-4-14(10)19/h2-7H,8,20H2,1H3. The maximum atomic E-state index is 13.9. The first-order chi connectivity index (χ1) is 9.31. The number of hydrogen-bond acceptors (Lipinski definition) is 1. The second kappa shape index (κ2) is 6.02. The fraction of sp³-hybridized carbons (Fsp3) is 0.200. The van der Waals surface area contributed by atoms with E-state index in [-0.39, 0.29) is 12.2 Å². The van der Waals surface area contributed by atoms with Crippen molar-refractivity contribution < 1.29 is 4.39 Å². The van der Waals surface area contributed by atoms with Crippen molar-refractivity contribution >= 4 is 39.1 Å². The number of halogens is 4. The van der Waals surface area contributed by atoms with Gasteiger partial charge in [-0.15, -0.1) is 0 Å². The summed E-state index contributed by atoms with van der Waals surface area (Å²) < 4.78 is 14.7. The van der Waals surface area contributed by atoms with E-state index in [1.165, 1.54) is 6.07 Å². The SMILES string of the molecule is CC(N)(Cc1c(F)cccc1Cl)c1ccc(Br)cc1Cl. The molecule has 0 spiro atoms. The highest BCUT2D eigenvalue weighted by molar-refractivity contribution is 9.10. The first kappa shape index (κ1) is 15.8. The molecule has 0 fully saturated rings. The Labute approximate surface area is 136 Å². The molecule has 2 aromatic carbocycles. The molecule has 0 saturated heterocycles. The van der Waals surface area contributed by atoms with Gasteiger partial charge in [-0.3, -0.25) is 0 Å². The summed E-state index contributed by atoms with van der Waals surface area (Å²) in [5, 5.41) is 0.909. The molecule has 0 saturated carbocycles. The highest BCUT2D eigenvalue weighted by atomic mass is 79.9. The lowest BCUT2D eigenvalue weighted by atomic mass is 9.86. The summed E-state index contributed by atoms with van der Waals surface area (Å²) >= 11 is 15.6. The monoisotopic (exact) mass is 375 g/mol. The molecule has 5 heteroatoms. The Kier molecular flexibility index (Phi) is 4.75. The van der Waals surface area contributed by atoms with Crippen LogP contribution in [0.3, 0.4) is 0 Å². The topological polar surface area (TPSA) is 26.0 Å². The maximum Gasteiger partial charge on any atom is 0.127 e. The van der Waals surface area contributed by atoms with Gasteiger partial charge in [0.05, 0.1) is 0 Å². The summed E-state index contributed by atoms with van der Waals surface area (Å²) in [6.07, 6.45) is 0.264. The molecule has 0 radical (unpaired) electrons. The Morgan fingerprint density at radius 2 is 1.90 bits per heavy atom. The van der Waals surface area contributed by atoms with Gasteiger partial charge in [0.25, 0.3) is 0 Å². The van der Waals surface area contributed by atoms with Crippen LogP contribution in [-0.2, 0) is 12.0 Å². The molecule has 20 heavy (non-hydrogen) atoms. The van der Waals surface area contributed by atoms with Crippen molar-refractivity contribution in [3.63, 3.8) is 0 Å². The van der Waals surface area contributed by atoms with E-state index in [9.17, 15) is 4.39 Å². The van der Waals surface area contributed by atoms with Gasteiger partial charge in [-0.1, -0.05) is 51.3 Å². The summed E-state index contributed by atoms with van der Waals surface area (Å²) in [5.41, 5.74) is 6.67. The van der Waals surface area contributed by atoms with Crippen molar-refractivity contribution in [2.75, 3.05) is 0 Å². The Balaban J connectivity index is 2.40. The zero-order valence-corrected chi connectivity index (χ0v) is 13.9. The molecule has 0 amide bonds. The molecule has 2 aromatic rings. The van der Waals surface area contributed by atoms with Gasteiger partial charge in [0, 0.05) is 25.6 Å². The van der Waals surface area contributed by atoms with Crippen LogP contribution in [0.4, 0.5) is 4.39 Å². The molecule has 0 aliphatic rings. The second-order valence-electron chi connectivity index (χ2n) is 4.92. The number of benzene rings is 2. The van der Waals surface area contributed by atoms with Crippen LogP contribution in [0.2, 0.25) is 10.0 Å². The van der Waals surface area contributed by atoms with Gasteiger partial charge in [0.2, 0.25) is 0 Å². The van der Waals surface area contributed by atoms with Crippen LogP contribution in [0.5, 0.6) is 0 Å². The first-order valence-corrected chi connectivity index (χ1v) is 7.53. The molecule has 0 heterocycles. The quantitative estimate of drug-likeness (QED) is 0.771. The Morgan fingerprint density at radius 3 is 2.50 bits per heavy atom. The minimum Gasteiger partial charge on any atom is -0.321 e. The molecule has 2 rings (SSSR count). The van der Waals surface area contributed by atoms with E-state index in [4.69, 9.17) is 28.9 Å². The van der Waals surface area contributed by atoms with E-state index < -0.39 is 5.54 Å². The van der Waals surface area contributed by atoms with E-state index in [1.54, 1.807) is 18.2 Å². The van der Waals surface area contributed by atoms with Crippen molar-refractivity contribution in [2.24, 2.45) is 5.73 Å². The average molecular weight is 377 g/mol. The predicted molar refractivity (Wildman–Crippen MR) is 85.8 cm³/mol. The van der Waals surface area contributed by atoms with Gasteiger partial charge in [0.1, 0.15) is 5.82 Å². The third-order valence-electron chi connectivity index (χ3n) is 3.15. The van der Waals surface area contributed by atoms with Crippen molar-refractivity contribution in [1.82, 2.24) is 0 Å².